The molecule has 0 saturated carbocycles. The van der Waals surface area contributed by atoms with Gasteiger partial charge in [-0.1, -0.05) is 19.4 Å². The van der Waals surface area contributed by atoms with Gasteiger partial charge in [0, 0.05) is 18.8 Å². The number of aliphatic hydroxyl groups is 1. The van der Waals surface area contributed by atoms with Gasteiger partial charge in [-0.25, -0.2) is 0 Å². The highest BCUT2D eigenvalue weighted by atomic mass is 19.4. The largest absolute Gasteiger partial charge is 0.416 e. The Kier molecular flexibility index (Phi) is 5.14. The van der Waals surface area contributed by atoms with Crippen molar-refractivity contribution in [2.45, 2.75) is 45.4 Å². The molecule has 0 aromatic heterocycles. The van der Waals surface area contributed by atoms with E-state index >= 15 is 0 Å². The van der Waals surface area contributed by atoms with Crippen LogP contribution in [0.15, 0.2) is 18.2 Å². The van der Waals surface area contributed by atoms with E-state index in [0.29, 0.717) is 11.6 Å². The van der Waals surface area contributed by atoms with Gasteiger partial charge in [0.15, 0.2) is 0 Å². The lowest BCUT2D eigenvalue weighted by atomic mass is 9.98. The Morgan fingerprint density at radius 1 is 1.24 bits per heavy atom. The first kappa shape index (κ1) is 16.1. The Morgan fingerprint density at radius 3 is 2.62 bits per heavy atom. The molecule has 1 atom stereocenters. The molecule has 0 radical (unpaired) electrons. The van der Waals surface area contributed by atoms with E-state index in [1.54, 1.807) is 6.07 Å². The predicted octanol–water partition coefficient (Wildman–Crippen LogP) is 4.21. The summed E-state index contributed by atoms with van der Waals surface area (Å²) < 4.78 is 39.1. The number of hydrogen-bond acceptors (Lipinski definition) is 2. The average Bonchev–Trinajstić information content (AvgIpc) is 2.71. The van der Waals surface area contributed by atoms with Gasteiger partial charge in [-0.2, -0.15) is 13.2 Å². The van der Waals surface area contributed by atoms with Gasteiger partial charge in [-0.05, 0) is 42.9 Å². The monoisotopic (exact) mass is 301 g/mol. The molecule has 1 aromatic carbocycles. The van der Waals surface area contributed by atoms with Crippen LogP contribution in [0.1, 0.15) is 43.7 Å². The highest BCUT2D eigenvalue weighted by molar-refractivity contribution is 5.52. The minimum atomic E-state index is -4.42. The maximum Gasteiger partial charge on any atom is 0.416 e. The second-order valence-electron chi connectivity index (χ2n) is 5.69. The first-order valence-corrected chi connectivity index (χ1v) is 7.51. The molecule has 1 unspecified atom stereocenters. The molecule has 2 nitrogen and oxygen atoms in total. The first-order chi connectivity index (χ1) is 9.95. The van der Waals surface area contributed by atoms with E-state index in [1.165, 1.54) is 12.1 Å². The van der Waals surface area contributed by atoms with Gasteiger partial charge < -0.3 is 10.0 Å². The zero-order valence-electron chi connectivity index (χ0n) is 12.3. The molecular weight excluding hydrogens is 279 g/mol. The van der Waals surface area contributed by atoms with Crippen LogP contribution in [0.4, 0.5) is 18.9 Å². The zero-order chi connectivity index (χ0) is 15.5. The number of anilines is 1. The number of benzene rings is 1. The first-order valence-electron chi connectivity index (χ1n) is 7.51. The number of halogens is 3. The smallest absolute Gasteiger partial charge is 0.392 e. The number of alkyl halides is 3. The molecule has 1 heterocycles. The van der Waals surface area contributed by atoms with E-state index in [2.05, 4.69) is 6.92 Å². The van der Waals surface area contributed by atoms with Crippen LogP contribution in [-0.4, -0.2) is 18.2 Å². The molecule has 21 heavy (non-hydrogen) atoms. The molecule has 118 valence electrons. The van der Waals surface area contributed by atoms with Gasteiger partial charge in [0.1, 0.15) is 0 Å². The van der Waals surface area contributed by atoms with E-state index in [4.69, 9.17) is 5.11 Å². The van der Waals surface area contributed by atoms with Crippen LogP contribution in [0.5, 0.6) is 0 Å². The summed E-state index contributed by atoms with van der Waals surface area (Å²) in [7, 11) is 0. The molecule has 0 amide bonds. The van der Waals surface area contributed by atoms with Crippen molar-refractivity contribution in [1.82, 2.24) is 0 Å². The Labute approximate surface area is 123 Å². The summed E-state index contributed by atoms with van der Waals surface area (Å²) in [4.78, 5) is 2.03. The fraction of sp³-hybridized carbons (Fsp3) is 0.625. The molecule has 2 rings (SSSR count). The van der Waals surface area contributed by atoms with Gasteiger partial charge in [-0.3, -0.25) is 0 Å². The predicted molar refractivity (Wildman–Crippen MR) is 77.2 cm³/mol. The SMILES string of the molecule is CCC1CCCN(c2ccc(CO)c(C(F)(F)F)c2)CC1. The van der Waals surface area contributed by atoms with E-state index in [9.17, 15) is 13.2 Å². The highest BCUT2D eigenvalue weighted by Gasteiger charge is 2.33. The Hall–Kier alpha value is -1.23. The summed E-state index contributed by atoms with van der Waals surface area (Å²) in [6.45, 7) is 3.17. The zero-order valence-corrected chi connectivity index (χ0v) is 12.3. The molecule has 0 aliphatic carbocycles. The fourth-order valence-electron chi connectivity index (χ4n) is 2.99. The molecular formula is C16H22F3NO. The van der Waals surface area contributed by atoms with Crippen molar-refractivity contribution in [2.75, 3.05) is 18.0 Å². The van der Waals surface area contributed by atoms with Crippen molar-refractivity contribution >= 4 is 5.69 Å². The van der Waals surface area contributed by atoms with Crippen LogP contribution >= 0.6 is 0 Å². The Balaban J connectivity index is 2.24. The number of rotatable bonds is 3. The van der Waals surface area contributed by atoms with E-state index < -0.39 is 18.3 Å². The number of nitrogens with zero attached hydrogens (tertiary/aromatic N) is 1. The van der Waals surface area contributed by atoms with Crippen molar-refractivity contribution in [3.8, 4) is 0 Å². The summed E-state index contributed by atoms with van der Waals surface area (Å²) in [5.74, 6) is 0.675. The summed E-state index contributed by atoms with van der Waals surface area (Å²) in [5, 5.41) is 9.08. The van der Waals surface area contributed by atoms with Gasteiger partial charge in [0.25, 0.3) is 0 Å². The molecule has 5 heteroatoms. The van der Waals surface area contributed by atoms with E-state index in [-0.39, 0.29) is 5.56 Å². The molecule has 1 saturated heterocycles. The Bertz CT molecular complexity index is 473. The third-order valence-corrected chi connectivity index (χ3v) is 4.36. The van der Waals surface area contributed by atoms with Crippen molar-refractivity contribution in [3.63, 3.8) is 0 Å². The lowest BCUT2D eigenvalue weighted by molar-refractivity contribution is -0.138. The third-order valence-electron chi connectivity index (χ3n) is 4.36. The van der Waals surface area contributed by atoms with Crippen LogP contribution in [0.25, 0.3) is 0 Å². The highest BCUT2D eigenvalue weighted by Crippen LogP contribution is 2.35. The minimum Gasteiger partial charge on any atom is -0.392 e. The van der Waals surface area contributed by atoms with Crippen molar-refractivity contribution < 1.29 is 18.3 Å². The minimum absolute atomic E-state index is 0.0625. The summed E-state index contributed by atoms with van der Waals surface area (Å²) in [6.07, 6.45) is -0.105. The van der Waals surface area contributed by atoms with E-state index in [1.807, 2.05) is 4.90 Å². The standard InChI is InChI=1S/C16H22F3NO/c1-2-12-4-3-8-20(9-7-12)14-6-5-13(11-21)15(10-14)16(17,18)19/h5-6,10,12,21H,2-4,7-9,11H2,1H3. The molecule has 1 aliphatic rings. The average molecular weight is 301 g/mol. The van der Waals surface area contributed by atoms with Gasteiger partial charge in [0.2, 0.25) is 0 Å². The van der Waals surface area contributed by atoms with Crippen molar-refractivity contribution in [3.05, 3.63) is 29.3 Å². The second kappa shape index (κ2) is 6.69. The van der Waals surface area contributed by atoms with Gasteiger partial charge in [-0.15, -0.1) is 0 Å². The van der Waals surface area contributed by atoms with E-state index in [0.717, 1.165) is 38.8 Å². The number of aliphatic hydroxyl groups excluding tert-OH is 1. The van der Waals surface area contributed by atoms with Crippen LogP contribution < -0.4 is 4.90 Å². The lowest BCUT2D eigenvalue weighted by Gasteiger charge is -2.24. The van der Waals surface area contributed by atoms with Crippen LogP contribution in [0, 0.1) is 5.92 Å². The fourth-order valence-corrected chi connectivity index (χ4v) is 2.99. The van der Waals surface area contributed by atoms with Crippen LogP contribution in [0.2, 0.25) is 0 Å². The molecule has 0 bridgehead atoms. The summed E-state index contributed by atoms with van der Waals surface area (Å²) in [5.41, 5.74) is -0.178. The topological polar surface area (TPSA) is 23.5 Å². The van der Waals surface area contributed by atoms with Crippen molar-refractivity contribution in [2.24, 2.45) is 5.92 Å². The molecule has 1 aromatic rings. The quantitative estimate of drug-likeness (QED) is 0.904. The maximum absolute atomic E-state index is 13.0. The number of hydrogen-bond donors (Lipinski definition) is 1. The molecule has 1 aliphatic heterocycles. The van der Waals surface area contributed by atoms with Crippen LogP contribution in [0.3, 0.4) is 0 Å². The van der Waals surface area contributed by atoms with Gasteiger partial charge in [0.05, 0.1) is 12.2 Å². The summed E-state index contributed by atoms with van der Waals surface area (Å²) in [6, 6.07) is 4.26. The Morgan fingerprint density at radius 2 is 2.00 bits per heavy atom. The third kappa shape index (κ3) is 3.90. The lowest BCUT2D eigenvalue weighted by Crippen LogP contribution is -2.25. The molecule has 0 spiro atoms. The second-order valence-corrected chi connectivity index (χ2v) is 5.69. The van der Waals surface area contributed by atoms with Crippen molar-refractivity contribution in [1.29, 1.82) is 0 Å². The molecule has 1 N–H and O–H groups in total. The molecule has 1 fully saturated rings. The summed E-state index contributed by atoms with van der Waals surface area (Å²) >= 11 is 0. The van der Waals surface area contributed by atoms with Crippen LogP contribution in [-0.2, 0) is 12.8 Å². The normalized spacial score (nSPS) is 20.4. The maximum atomic E-state index is 13.0. The van der Waals surface area contributed by atoms with Gasteiger partial charge >= 0.3 is 6.18 Å².